The lowest BCUT2D eigenvalue weighted by molar-refractivity contribution is -0.151. The van der Waals surface area contributed by atoms with Crippen molar-refractivity contribution in [2.45, 2.75) is 38.7 Å². The molecule has 1 atom stereocenters. The van der Waals surface area contributed by atoms with Crippen LogP contribution in [-0.2, 0) is 57.1 Å². The molecule has 0 heterocycles. The Morgan fingerprint density at radius 3 is 1.27 bits per heavy atom. The van der Waals surface area contributed by atoms with Crippen molar-refractivity contribution in [1.82, 2.24) is 0 Å². The molecule has 0 amide bonds. The van der Waals surface area contributed by atoms with Crippen LogP contribution in [0.2, 0.25) is 0 Å². The first-order valence-corrected chi connectivity index (χ1v) is 11.1. The van der Waals surface area contributed by atoms with Gasteiger partial charge in [-0.2, -0.15) is 0 Å². The summed E-state index contributed by atoms with van der Waals surface area (Å²) in [5.74, 6) is -2.76. The summed E-state index contributed by atoms with van der Waals surface area (Å²) in [6, 6.07) is 0. The number of hydrogen-bond donors (Lipinski definition) is 2. The number of hydrogen-bond acceptors (Lipinski definition) is 16. The molecule has 0 rings (SSSR count). The van der Waals surface area contributed by atoms with Gasteiger partial charge in [0.25, 0.3) is 0 Å². The zero-order valence-electron chi connectivity index (χ0n) is 20.4. The fourth-order valence-corrected chi connectivity index (χ4v) is 2.04. The Morgan fingerprint density at radius 2 is 0.865 bits per heavy atom. The summed E-state index contributed by atoms with van der Waals surface area (Å²) in [5.41, 5.74) is 0. The predicted molar refractivity (Wildman–Crippen MR) is 116 cm³/mol. The number of ether oxygens (including phenoxy) is 8. The lowest BCUT2D eigenvalue weighted by Crippen LogP contribution is -2.24. The van der Waals surface area contributed by atoms with Crippen molar-refractivity contribution in [2.24, 2.45) is 0 Å². The Morgan fingerprint density at radius 1 is 0.514 bits per heavy atom. The first-order chi connectivity index (χ1) is 17.7. The second-order valence-corrected chi connectivity index (χ2v) is 6.77. The predicted octanol–water partition coefficient (Wildman–Crippen LogP) is -0.601. The van der Waals surface area contributed by atoms with Gasteiger partial charge in [0.15, 0.2) is 0 Å². The van der Waals surface area contributed by atoms with Crippen LogP contribution in [0, 0.1) is 0 Å². The van der Waals surface area contributed by atoms with Crippen molar-refractivity contribution in [2.75, 3.05) is 59.5 Å². The molecule has 0 aliphatic rings. The average Bonchev–Trinajstić information content (AvgIpc) is 2.87. The van der Waals surface area contributed by atoms with Gasteiger partial charge in [0.1, 0.15) is 52.4 Å². The van der Waals surface area contributed by atoms with Crippen LogP contribution in [0.5, 0.6) is 0 Å². The molecule has 0 aliphatic carbocycles. The van der Waals surface area contributed by atoms with Crippen LogP contribution < -0.4 is 0 Å². The molecule has 0 aromatic heterocycles. The van der Waals surface area contributed by atoms with Gasteiger partial charge in [-0.1, -0.05) is 0 Å². The van der Waals surface area contributed by atoms with E-state index in [4.69, 9.17) is 29.2 Å². The van der Waals surface area contributed by atoms with E-state index in [1.807, 2.05) is 0 Å². The number of carbonyl (C=O) groups is 6. The van der Waals surface area contributed by atoms with Crippen molar-refractivity contribution in [3.63, 3.8) is 0 Å². The van der Waals surface area contributed by atoms with Crippen LogP contribution >= 0.6 is 0 Å². The molecule has 16 nitrogen and oxygen atoms in total. The molecule has 0 aromatic carbocycles. The molecule has 0 bridgehead atoms. The van der Waals surface area contributed by atoms with E-state index in [-0.39, 0.29) is 85.1 Å². The second-order valence-electron chi connectivity index (χ2n) is 6.77. The number of aliphatic hydroxyl groups excluding tert-OH is 2. The quantitative estimate of drug-likeness (QED) is 0.119. The van der Waals surface area contributed by atoms with Crippen molar-refractivity contribution in [1.29, 1.82) is 0 Å². The standard InChI is InChI=1S/C21H32O16/c1-15(37-21(29)35-13-11-33-19(27)5-3-17(25)31-9-7-23)14-36-20(28)34-12-10-32-18(26)4-2-16(24)30-8-6-22/h15,22-23H,2-14H2,1H3. The van der Waals surface area contributed by atoms with E-state index in [2.05, 4.69) is 18.9 Å². The zero-order chi connectivity index (χ0) is 27.9. The molecule has 0 fully saturated rings. The monoisotopic (exact) mass is 540 g/mol. The highest BCUT2D eigenvalue weighted by Gasteiger charge is 2.15. The molecule has 0 spiro atoms. The maximum atomic E-state index is 11.6. The van der Waals surface area contributed by atoms with Gasteiger partial charge in [0, 0.05) is 0 Å². The van der Waals surface area contributed by atoms with Crippen LogP contribution in [0.4, 0.5) is 9.59 Å². The Hall–Kier alpha value is -3.66. The first-order valence-electron chi connectivity index (χ1n) is 11.1. The summed E-state index contributed by atoms with van der Waals surface area (Å²) in [5, 5.41) is 17.0. The maximum absolute atomic E-state index is 11.6. The summed E-state index contributed by atoms with van der Waals surface area (Å²) >= 11 is 0. The fourth-order valence-electron chi connectivity index (χ4n) is 2.04. The zero-order valence-corrected chi connectivity index (χ0v) is 20.4. The molecule has 2 N–H and O–H groups in total. The van der Waals surface area contributed by atoms with Crippen LogP contribution in [0.1, 0.15) is 32.6 Å². The molecule has 0 aliphatic heterocycles. The molecular weight excluding hydrogens is 508 g/mol. The van der Waals surface area contributed by atoms with Gasteiger partial charge >= 0.3 is 36.2 Å². The van der Waals surface area contributed by atoms with Crippen molar-refractivity contribution < 1.29 is 76.9 Å². The Balaban J connectivity index is 3.77. The third-order valence-corrected chi connectivity index (χ3v) is 3.64. The third kappa shape index (κ3) is 21.4. The first kappa shape index (κ1) is 33.3. The van der Waals surface area contributed by atoms with Gasteiger partial charge < -0.3 is 48.1 Å². The van der Waals surface area contributed by atoms with Crippen LogP contribution in [0.25, 0.3) is 0 Å². The van der Waals surface area contributed by atoms with Gasteiger partial charge in [0.2, 0.25) is 0 Å². The minimum Gasteiger partial charge on any atom is -0.463 e. The molecule has 0 saturated carbocycles. The summed E-state index contributed by atoms with van der Waals surface area (Å²) in [6.45, 7) is -1.16. The minimum atomic E-state index is -1.11. The van der Waals surface area contributed by atoms with E-state index >= 15 is 0 Å². The maximum Gasteiger partial charge on any atom is 0.508 e. The lowest BCUT2D eigenvalue weighted by atomic mass is 10.3. The van der Waals surface area contributed by atoms with E-state index in [0.717, 1.165) is 0 Å². The summed E-state index contributed by atoms with van der Waals surface area (Å²) < 4.78 is 37.5. The SMILES string of the molecule is CC(COC(=O)OCCOC(=O)CCC(=O)OCCO)OC(=O)OCCOC(=O)CCC(=O)OCCO. The molecule has 0 radical (unpaired) electrons. The highest BCUT2D eigenvalue weighted by Crippen LogP contribution is 2.00. The largest absolute Gasteiger partial charge is 0.508 e. The topological polar surface area (TPSA) is 217 Å². The number of rotatable bonds is 19. The number of aliphatic hydroxyl groups is 2. The number of carbonyl (C=O) groups excluding carboxylic acids is 6. The van der Waals surface area contributed by atoms with Gasteiger partial charge in [-0.3, -0.25) is 19.2 Å². The minimum absolute atomic E-state index is 0.165. The van der Waals surface area contributed by atoms with E-state index < -0.39 is 42.3 Å². The molecule has 0 aromatic rings. The lowest BCUT2D eigenvalue weighted by Gasteiger charge is -2.13. The van der Waals surface area contributed by atoms with Crippen molar-refractivity contribution >= 4 is 36.2 Å². The summed E-state index contributed by atoms with van der Waals surface area (Å²) in [6.07, 6.45) is -4.07. The highest BCUT2D eigenvalue weighted by atomic mass is 16.8. The molecule has 16 heteroatoms. The Kier molecular flexibility index (Phi) is 19.5. The normalized spacial score (nSPS) is 10.9. The van der Waals surface area contributed by atoms with Gasteiger partial charge in [-0.15, -0.1) is 0 Å². The van der Waals surface area contributed by atoms with Crippen LogP contribution in [0.15, 0.2) is 0 Å². The summed E-state index contributed by atoms with van der Waals surface area (Å²) in [4.78, 5) is 68.3. The average molecular weight is 540 g/mol. The van der Waals surface area contributed by atoms with Gasteiger partial charge in [-0.25, -0.2) is 9.59 Å². The van der Waals surface area contributed by atoms with E-state index in [1.165, 1.54) is 6.92 Å². The molecule has 0 saturated heterocycles. The van der Waals surface area contributed by atoms with Crippen molar-refractivity contribution in [3.05, 3.63) is 0 Å². The van der Waals surface area contributed by atoms with Gasteiger partial charge in [0.05, 0.1) is 38.9 Å². The van der Waals surface area contributed by atoms with E-state index in [0.29, 0.717) is 0 Å². The van der Waals surface area contributed by atoms with Crippen molar-refractivity contribution in [3.8, 4) is 0 Å². The van der Waals surface area contributed by atoms with Crippen LogP contribution in [0.3, 0.4) is 0 Å². The highest BCUT2D eigenvalue weighted by molar-refractivity contribution is 5.78. The Labute approximate surface area is 212 Å². The molecule has 1 unspecified atom stereocenters. The number of esters is 4. The smallest absolute Gasteiger partial charge is 0.463 e. The summed E-state index contributed by atoms with van der Waals surface area (Å²) in [7, 11) is 0. The Bertz CT molecular complexity index is 721. The molecule has 212 valence electrons. The fraction of sp³-hybridized carbons (Fsp3) is 0.714. The van der Waals surface area contributed by atoms with Gasteiger partial charge in [-0.05, 0) is 6.92 Å². The molecule has 37 heavy (non-hydrogen) atoms. The molecular formula is C21H32O16. The van der Waals surface area contributed by atoms with E-state index in [1.54, 1.807) is 0 Å². The van der Waals surface area contributed by atoms with Crippen LogP contribution in [-0.4, -0.2) is 112 Å². The second kappa shape index (κ2) is 21.6. The third-order valence-electron chi connectivity index (χ3n) is 3.64. The van der Waals surface area contributed by atoms with E-state index in [9.17, 15) is 28.8 Å².